The number of benzene rings is 1. The zero-order valence-corrected chi connectivity index (χ0v) is 9.98. The Morgan fingerprint density at radius 3 is 2.62 bits per heavy atom. The summed E-state index contributed by atoms with van der Waals surface area (Å²) in [4.78, 5) is 4.17. The lowest BCUT2D eigenvalue weighted by atomic mass is 9.90. The normalized spacial score (nSPS) is 12.4. The predicted octanol–water partition coefficient (Wildman–Crippen LogP) is 4.28. The van der Waals surface area contributed by atoms with Crippen LogP contribution in [0.1, 0.15) is 30.4 Å². The molecule has 0 saturated carbocycles. The molecule has 0 aliphatic heterocycles. The molecule has 1 unspecified atom stereocenters. The lowest BCUT2D eigenvalue weighted by Gasteiger charge is -2.15. The van der Waals surface area contributed by atoms with Crippen molar-refractivity contribution in [3.05, 3.63) is 64.9 Å². The number of hydrogen-bond donors (Lipinski definition) is 0. The van der Waals surface area contributed by atoms with Crippen LogP contribution in [0.15, 0.2) is 48.8 Å². The summed E-state index contributed by atoms with van der Waals surface area (Å²) in [6.45, 7) is 2.18. The van der Waals surface area contributed by atoms with Crippen molar-refractivity contribution in [1.82, 2.24) is 4.98 Å². The van der Waals surface area contributed by atoms with Gasteiger partial charge < -0.3 is 0 Å². The Bertz CT molecular complexity index is 453. The summed E-state index contributed by atoms with van der Waals surface area (Å²) in [5.41, 5.74) is 2.50. The van der Waals surface area contributed by atoms with E-state index in [9.17, 15) is 0 Å². The number of nitrogens with zero attached hydrogens (tertiary/aromatic N) is 1. The smallest absolute Gasteiger partial charge is 0.0408 e. The van der Waals surface area contributed by atoms with Gasteiger partial charge in [-0.1, -0.05) is 36.7 Å². The molecule has 0 amide bonds. The van der Waals surface area contributed by atoms with Crippen LogP contribution in [0.3, 0.4) is 0 Å². The summed E-state index contributed by atoms with van der Waals surface area (Å²) in [6.07, 6.45) is 4.77. The summed E-state index contributed by atoms with van der Waals surface area (Å²) in [7, 11) is 0. The highest BCUT2D eigenvalue weighted by molar-refractivity contribution is 6.30. The zero-order valence-electron chi connectivity index (χ0n) is 9.23. The van der Waals surface area contributed by atoms with E-state index in [0.29, 0.717) is 5.92 Å². The molecule has 2 aromatic rings. The van der Waals surface area contributed by atoms with Gasteiger partial charge in [0.15, 0.2) is 0 Å². The van der Waals surface area contributed by atoms with Crippen molar-refractivity contribution in [1.29, 1.82) is 0 Å². The van der Waals surface area contributed by atoms with Crippen molar-refractivity contribution in [2.75, 3.05) is 0 Å². The number of pyridine rings is 1. The second kappa shape index (κ2) is 5.13. The Labute approximate surface area is 101 Å². The minimum absolute atomic E-state index is 0.382. The van der Waals surface area contributed by atoms with E-state index in [-0.39, 0.29) is 0 Å². The third-order valence-corrected chi connectivity index (χ3v) is 2.98. The van der Waals surface area contributed by atoms with E-state index in [0.717, 1.165) is 11.4 Å². The fourth-order valence-electron chi connectivity index (χ4n) is 1.97. The first kappa shape index (κ1) is 11.2. The highest BCUT2D eigenvalue weighted by atomic mass is 35.5. The molecular weight excluding hydrogens is 218 g/mol. The molecule has 0 spiro atoms. The van der Waals surface area contributed by atoms with Gasteiger partial charge in [0.25, 0.3) is 0 Å². The molecule has 0 saturated heterocycles. The molecule has 1 heterocycles. The quantitative estimate of drug-likeness (QED) is 0.769. The van der Waals surface area contributed by atoms with Gasteiger partial charge in [-0.15, -0.1) is 0 Å². The number of hydrogen-bond acceptors (Lipinski definition) is 1. The molecule has 1 aromatic carbocycles. The van der Waals surface area contributed by atoms with E-state index in [2.05, 4.69) is 24.0 Å². The summed E-state index contributed by atoms with van der Waals surface area (Å²) in [5, 5.41) is 0.792. The standard InChI is InChI=1S/C14H14ClN/c1-2-14(12-6-4-8-16-10-12)11-5-3-7-13(15)9-11/h3-10,14H,2H2,1H3. The van der Waals surface area contributed by atoms with Gasteiger partial charge in [-0.25, -0.2) is 0 Å². The molecule has 0 aliphatic rings. The van der Waals surface area contributed by atoms with E-state index in [4.69, 9.17) is 11.6 Å². The third kappa shape index (κ3) is 2.42. The summed E-state index contributed by atoms with van der Waals surface area (Å²) in [6, 6.07) is 12.1. The van der Waals surface area contributed by atoms with Crippen molar-refractivity contribution >= 4 is 11.6 Å². The van der Waals surface area contributed by atoms with E-state index in [1.54, 1.807) is 6.20 Å². The Balaban J connectivity index is 2.37. The van der Waals surface area contributed by atoms with Crippen molar-refractivity contribution in [2.24, 2.45) is 0 Å². The van der Waals surface area contributed by atoms with Crippen LogP contribution in [0.5, 0.6) is 0 Å². The molecule has 82 valence electrons. The largest absolute Gasteiger partial charge is 0.264 e. The zero-order chi connectivity index (χ0) is 11.4. The average Bonchev–Trinajstić information content (AvgIpc) is 2.31. The topological polar surface area (TPSA) is 12.9 Å². The fourth-order valence-corrected chi connectivity index (χ4v) is 2.17. The highest BCUT2D eigenvalue weighted by Crippen LogP contribution is 2.28. The third-order valence-electron chi connectivity index (χ3n) is 2.75. The molecular formula is C14H14ClN. The van der Waals surface area contributed by atoms with E-state index < -0.39 is 0 Å². The maximum atomic E-state index is 6.02. The first-order chi connectivity index (χ1) is 7.81. The maximum Gasteiger partial charge on any atom is 0.0408 e. The molecule has 2 rings (SSSR count). The van der Waals surface area contributed by atoms with Gasteiger partial charge in [-0.3, -0.25) is 4.98 Å². The maximum absolute atomic E-state index is 6.02. The Morgan fingerprint density at radius 2 is 2.00 bits per heavy atom. The summed E-state index contributed by atoms with van der Waals surface area (Å²) in [5.74, 6) is 0.382. The highest BCUT2D eigenvalue weighted by Gasteiger charge is 2.11. The van der Waals surface area contributed by atoms with Crippen LogP contribution < -0.4 is 0 Å². The van der Waals surface area contributed by atoms with Crippen molar-refractivity contribution in [2.45, 2.75) is 19.3 Å². The minimum atomic E-state index is 0.382. The first-order valence-electron chi connectivity index (χ1n) is 5.46. The molecule has 0 bridgehead atoms. The molecule has 1 aromatic heterocycles. The van der Waals surface area contributed by atoms with Crippen LogP contribution in [0.25, 0.3) is 0 Å². The lowest BCUT2D eigenvalue weighted by Crippen LogP contribution is -1.99. The van der Waals surface area contributed by atoms with Crippen LogP contribution in [-0.4, -0.2) is 4.98 Å². The molecule has 0 fully saturated rings. The predicted molar refractivity (Wildman–Crippen MR) is 67.8 cm³/mol. The van der Waals surface area contributed by atoms with E-state index in [1.165, 1.54) is 11.1 Å². The van der Waals surface area contributed by atoms with Crippen LogP contribution in [0.4, 0.5) is 0 Å². The Morgan fingerprint density at radius 1 is 1.19 bits per heavy atom. The van der Waals surface area contributed by atoms with E-state index >= 15 is 0 Å². The van der Waals surface area contributed by atoms with Gasteiger partial charge in [0, 0.05) is 23.3 Å². The van der Waals surface area contributed by atoms with Gasteiger partial charge >= 0.3 is 0 Å². The first-order valence-corrected chi connectivity index (χ1v) is 5.84. The van der Waals surface area contributed by atoms with Gasteiger partial charge in [0.2, 0.25) is 0 Å². The second-order valence-corrected chi connectivity index (χ2v) is 4.24. The van der Waals surface area contributed by atoms with Crippen molar-refractivity contribution < 1.29 is 0 Å². The number of rotatable bonds is 3. The summed E-state index contributed by atoms with van der Waals surface area (Å²) < 4.78 is 0. The van der Waals surface area contributed by atoms with Gasteiger partial charge in [0.1, 0.15) is 0 Å². The molecule has 0 N–H and O–H groups in total. The SMILES string of the molecule is CCC(c1cccnc1)c1cccc(Cl)c1. The Kier molecular flexibility index (Phi) is 3.58. The minimum Gasteiger partial charge on any atom is -0.264 e. The van der Waals surface area contributed by atoms with Gasteiger partial charge in [-0.05, 0) is 35.7 Å². The van der Waals surface area contributed by atoms with Crippen molar-refractivity contribution in [3.63, 3.8) is 0 Å². The van der Waals surface area contributed by atoms with Crippen LogP contribution in [0.2, 0.25) is 5.02 Å². The van der Waals surface area contributed by atoms with Crippen LogP contribution >= 0.6 is 11.6 Å². The Hall–Kier alpha value is -1.34. The van der Waals surface area contributed by atoms with Crippen LogP contribution in [-0.2, 0) is 0 Å². The average molecular weight is 232 g/mol. The number of halogens is 1. The lowest BCUT2D eigenvalue weighted by molar-refractivity contribution is 0.773. The van der Waals surface area contributed by atoms with Gasteiger partial charge in [0.05, 0.1) is 0 Å². The fraction of sp³-hybridized carbons (Fsp3) is 0.214. The molecule has 16 heavy (non-hydrogen) atoms. The van der Waals surface area contributed by atoms with Crippen molar-refractivity contribution in [3.8, 4) is 0 Å². The molecule has 2 heteroatoms. The summed E-state index contributed by atoms with van der Waals surface area (Å²) >= 11 is 6.02. The number of aromatic nitrogens is 1. The van der Waals surface area contributed by atoms with Gasteiger partial charge in [-0.2, -0.15) is 0 Å². The molecule has 0 radical (unpaired) electrons. The van der Waals surface area contributed by atoms with Crippen LogP contribution in [0, 0.1) is 0 Å². The molecule has 1 nitrogen and oxygen atoms in total. The monoisotopic (exact) mass is 231 g/mol. The van der Waals surface area contributed by atoms with E-state index in [1.807, 2.05) is 30.5 Å². The second-order valence-electron chi connectivity index (χ2n) is 3.80. The molecule has 0 aliphatic carbocycles. The molecule has 1 atom stereocenters.